The van der Waals surface area contributed by atoms with E-state index in [1.165, 1.54) is 23.9 Å². The molecule has 6 rings (SSSR count). The number of aromatic nitrogens is 8. The third-order valence-corrected chi connectivity index (χ3v) is 7.06. The Bertz CT molecular complexity index is 1390. The molecule has 0 spiro atoms. The molecule has 35 heavy (non-hydrogen) atoms. The minimum atomic E-state index is -0.338. The molecule has 0 radical (unpaired) electrons. The first-order valence-electron chi connectivity index (χ1n) is 11.6. The van der Waals surface area contributed by atoms with Gasteiger partial charge in [0.25, 0.3) is 5.91 Å². The second-order valence-electron chi connectivity index (χ2n) is 9.18. The Morgan fingerprint density at radius 3 is 2.74 bits per heavy atom. The summed E-state index contributed by atoms with van der Waals surface area (Å²) in [5, 5.41) is 19.7. The number of hydrogen-bond donors (Lipinski definition) is 1. The molecule has 4 heterocycles. The number of amides is 1. The lowest BCUT2D eigenvalue weighted by Gasteiger charge is -2.23. The molecule has 1 amide bonds. The minimum absolute atomic E-state index is 0.217. The topological polar surface area (TPSA) is 108 Å². The molecule has 1 atom stereocenters. The normalized spacial score (nSPS) is 17.4. The van der Waals surface area contributed by atoms with Crippen molar-refractivity contribution in [2.75, 3.05) is 0 Å². The van der Waals surface area contributed by atoms with Crippen molar-refractivity contribution in [1.29, 1.82) is 0 Å². The van der Waals surface area contributed by atoms with E-state index in [-0.39, 0.29) is 23.3 Å². The molecular formula is C23H23Cl2N9O. The van der Waals surface area contributed by atoms with E-state index in [0.29, 0.717) is 17.3 Å². The van der Waals surface area contributed by atoms with E-state index in [0.717, 1.165) is 41.9 Å². The van der Waals surface area contributed by atoms with Crippen molar-refractivity contribution in [3.05, 3.63) is 69.7 Å². The van der Waals surface area contributed by atoms with E-state index < -0.39 is 0 Å². The van der Waals surface area contributed by atoms with Crippen LogP contribution in [0.15, 0.2) is 36.8 Å². The van der Waals surface area contributed by atoms with E-state index in [1.54, 1.807) is 35.3 Å². The van der Waals surface area contributed by atoms with Crippen molar-refractivity contribution >= 4 is 29.1 Å². The molecular weight excluding hydrogens is 489 g/mol. The van der Waals surface area contributed by atoms with Crippen LogP contribution in [0.5, 0.6) is 0 Å². The Kier molecular flexibility index (Phi) is 5.77. The fraction of sp³-hybridized carbons (Fsp3) is 0.391. The van der Waals surface area contributed by atoms with E-state index in [4.69, 9.17) is 28.2 Å². The number of benzene rings is 1. The van der Waals surface area contributed by atoms with Crippen LogP contribution in [0.25, 0.3) is 5.69 Å². The highest BCUT2D eigenvalue weighted by molar-refractivity contribution is 6.30. The van der Waals surface area contributed by atoms with Gasteiger partial charge in [0.1, 0.15) is 5.82 Å². The highest BCUT2D eigenvalue weighted by Gasteiger charge is 2.33. The summed E-state index contributed by atoms with van der Waals surface area (Å²) in [6, 6.07) is 5.30. The average Bonchev–Trinajstić information content (AvgIpc) is 3.23. The van der Waals surface area contributed by atoms with Gasteiger partial charge in [0.15, 0.2) is 10.8 Å². The zero-order valence-corrected chi connectivity index (χ0v) is 20.3. The van der Waals surface area contributed by atoms with Crippen molar-refractivity contribution in [2.24, 2.45) is 11.8 Å². The van der Waals surface area contributed by atoms with Crippen LogP contribution in [0.3, 0.4) is 0 Å². The second kappa shape index (κ2) is 9.09. The molecule has 1 aliphatic heterocycles. The van der Waals surface area contributed by atoms with E-state index in [9.17, 15) is 4.79 Å². The number of aryl methyl sites for hydroxylation is 1. The first kappa shape index (κ1) is 22.2. The number of nitrogens with zero attached hydrogens (tertiary/aromatic N) is 8. The maximum atomic E-state index is 12.8. The van der Waals surface area contributed by atoms with Crippen LogP contribution < -0.4 is 5.32 Å². The molecule has 12 heteroatoms. The molecule has 1 N–H and O–H groups in total. The van der Waals surface area contributed by atoms with Crippen molar-refractivity contribution in [1.82, 2.24) is 44.9 Å². The molecule has 3 aromatic heterocycles. The van der Waals surface area contributed by atoms with Gasteiger partial charge in [-0.25, -0.2) is 14.3 Å². The summed E-state index contributed by atoms with van der Waals surface area (Å²) in [5.41, 5.74) is 2.64. The Morgan fingerprint density at radius 2 is 1.94 bits per heavy atom. The Balaban J connectivity index is 1.11. The van der Waals surface area contributed by atoms with Gasteiger partial charge in [0.05, 0.1) is 30.3 Å². The first-order valence-corrected chi connectivity index (χ1v) is 12.4. The minimum Gasteiger partial charge on any atom is -0.346 e. The summed E-state index contributed by atoms with van der Waals surface area (Å²) >= 11 is 12.1. The quantitative estimate of drug-likeness (QED) is 0.407. The largest absolute Gasteiger partial charge is 0.346 e. The average molecular weight is 512 g/mol. The third kappa shape index (κ3) is 4.81. The highest BCUT2D eigenvalue weighted by atomic mass is 35.5. The predicted molar refractivity (Wildman–Crippen MR) is 128 cm³/mol. The van der Waals surface area contributed by atoms with Crippen molar-refractivity contribution < 1.29 is 4.79 Å². The third-order valence-electron chi connectivity index (χ3n) is 6.66. The van der Waals surface area contributed by atoms with Gasteiger partial charge in [-0.2, -0.15) is 0 Å². The van der Waals surface area contributed by atoms with Gasteiger partial charge in [-0.3, -0.25) is 4.79 Å². The van der Waals surface area contributed by atoms with Crippen LogP contribution in [-0.2, 0) is 26.1 Å². The zero-order valence-electron chi connectivity index (χ0n) is 18.8. The van der Waals surface area contributed by atoms with Crippen LogP contribution >= 0.6 is 23.2 Å². The van der Waals surface area contributed by atoms with Gasteiger partial charge in [-0.15, -0.1) is 10.2 Å². The fourth-order valence-corrected chi connectivity index (χ4v) is 5.07. The maximum absolute atomic E-state index is 12.8. The van der Waals surface area contributed by atoms with E-state index >= 15 is 0 Å². The number of halogens is 2. The molecule has 1 saturated carbocycles. The molecule has 1 aromatic carbocycles. The predicted octanol–water partition coefficient (Wildman–Crippen LogP) is 3.31. The number of carbonyl (C=O) groups excluding carboxylic acids is 1. The number of fused-ring (bicyclic) bond motifs is 1. The molecule has 180 valence electrons. The van der Waals surface area contributed by atoms with Crippen LogP contribution in [0.1, 0.15) is 46.8 Å². The lowest BCUT2D eigenvalue weighted by atomic mass is 9.95. The highest BCUT2D eigenvalue weighted by Crippen LogP contribution is 2.41. The van der Waals surface area contributed by atoms with Gasteiger partial charge in [-0.1, -0.05) is 33.6 Å². The molecule has 1 aliphatic carbocycles. The van der Waals surface area contributed by atoms with Gasteiger partial charge in [-0.05, 0) is 54.9 Å². The lowest BCUT2D eigenvalue weighted by Crippen LogP contribution is -2.24. The van der Waals surface area contributed by atoms with E-state index in [1.807, 2.05) is 0 Å². The van der Waals surface area contributed by atoms with E-state index in [2.05, 4.69) is 36.7 Å². The summed E-state index contributed by atoms with van der Waals surface area (Å²) in [6.07, 6.45) is 10.3. The maximum Gasteiger partial charge on any atom is 0.273 e. The number of imidazole rings is 1. The fourth-order valence-electron chi connectivity index (χ4n) is 4.75. The van der Waals surface area contributed by atoms with Gasteiger partial charge in [0.2, 0.25) is 0 Å². The van der Waals surface area contributed by atoms with Crippen LogP contribution in [-0.4, -0.2) is 45.4 Å². The van der Waals surface area contributed by atoms with Crippen molar-refractivity contribution in [3.63, 3.8) is 0 Å². The van der Waals surface area contributed by atoms with Gasteiger partial charge < -0.3 is 9.88 Å². The van der Waals surface area contributed by atoms with Crippen molar-refractivity contribution in [3.8, 4) is 5.69 Å². The van der Waals surface area contributed by atoms with Crippen LogP contribution in [0, 0.1) is 11.8 Å². The molecule has 1 fully saturated rings. The second-order valence-corrected chi connectivity index (χ2v) is 10.0. The van der Waals surface area contributed by atoms with Crippen molar-refractivity contribution in [2.45, 2.75) is 45.3 Å². The summed E-state index contributed by atoms with van der Waals surface area (Å²) in [7, 11) is 0. The first-order chi connectivity index (χ1) is 17.0. The smallest absolute Gasteiger partial charge is 0.273 e. The molecule has 2 aliphatic rings. The summed E-state index contributed by atoms with van der Waals surface area (Å²) in [6.45, 7) is 1.75. The summed E-state index contributed by atoms with van der Waals surface area (Å²) < 4.78 is 5.47. The van der Waals surface area contributed by atoms with Crippen LogP contribution in [0.2, 0.25) is 10.2 Å². The van der Waals surface area contributed by atoms with Crippen LogP contribution in [0.4, 0.5) is 0 Å². The standard InChI is InChI=1S/C23H23Cl2N9O/c24-17-4-5-20(34-13-21(25)29-31-34)16(7-17)8-26-23(35)19-12-33(30-28-19)11-18-10-32-9-15(14-1-2-14)3-6-22(32)27-18/h4-5,7,10,12-15H,1-3,6,8-9,11H2,(H,26,35). The van der Waals surface area contributed by atoms with Gasteiger partial charge >= 0.3 is 0 Å². The SMILES string of the molecule is O=C(NCc1cc(Cl)ccc1-n1cc(Cl)nn1)c1cn(Cc2cn3c(n2)CCC(C2CC2)C3)nn1. The molecule has 10 nitrogen and oxygen atoms in total. The Labute approximate surface area is 211 Å². The summed E-state index contributed by atoms with van der Waals surface area (Å²) in [5.74, 6) is 2.49. The Morgan fingerprint density at radius 1 is 1.06 bits per heavy atom. The molecule has 0 saturated heterocycles. The van der Waals surface area contributed by atoms with Gasteiger partial charge in [0, 0.05) is 30.7 Å². The monoisotopic (exact) mass is 511 g/mol. The number of nitrogens with one attached hydrogen (secondary N) is 1. The lowest BCUT2D eigenvalue weighted by molar-refractivity contribution is 0.0946. The number of rotatable bonds is 7. The number of hydrogen-bond acceptors (Lipinski definition) is 6. The summed E-state index contributed by atoms with van der Waals surface area (Å²) in [4.78, 5) is 17.5. The molecule has 4 aromatic rings. The molecule has 1 unspecified atom stereocenters. The Hall–Kier alpha value is -3.24. The zero-order chi connectivity index (χ0) is 23.9. The number of carbonyl (C=O) groups is 1. The molecule has 0 bridgehead atoms.